The molecule has 33 heavy (non-hydrogen) atoms. The third-order valence-corrected chi connectivity index (χ3v) is 4.74. The van der Waals surface area contributed by atoms with Crippen molar-refractivity contribution in [2.24, 2.45) is 0 Å². The van der Waals surface area contributed by atoms with Gasteiger partial charge in [0.2, 0.25) is 5.75 Å². The van der Waals surface area contributed by atoms with Crippen LogP contribution in [0.3, 0.4) is 0 Å². The maximum atomic E-state index is 12.4. The van der Waals surface area contributed by atoms with E-state index in [2.05, 4.69) is 10.6 Å². The first-order chi connectivity index (χ1) is 16.0. The number of aliphatic hydroxyl groups is 1. The molecule has 2 amide bonds. The van der Waals surface area contributed by atoms with Gasteiger partial charge in [-0.05, 0) is 48.5 Å². The molecule has 0 saturated carbocycles. The molecule has 8 nitrogen and oxygen atoms in total. The van der Waals surface area contributed by atoms with E-state index in [-0.39, 0.29) is 25.0 Å². The number of nitrogens with one attached hydrogen (secondary N) is 2. The highest BCUT2D eigenvalue weighted by Crippen LogP contribution is 2.36. The molecule has 0 aliphatic rings. The molecule has 0 spiro atoms. The SMILES string of the molecule is COc1cccc(OC)c1OCC(O)CNC(=O)c1ccc(NC(=O)c2ccccc2)cc1. The lowest BCUT2D eigenvalue weighted by Gasteiger charge is -2.17. The van der Waals surface area contributed by atoms with Crippen LogP contribution in [-0.4, -0.2) is 50.4 Å². The van der Waals surface area contributed by atoms with E-state index in [9.17, 15) is 14.7 Å². The Balaban J connectivity index is 1.49. The molecule has 3 N–H and O–H groups in total. The van der Waals surface area contributed by atoms with E-state index < -0.39 is 6.10 Å². The molecule has 0 bridgehead atoms. The number of anilines is 1. The summed E-state index contributed by atoms with van der Waals surface area (Å²) in [6, 6.07) is 20.5. The maximum absolute atomic E-state index is 12.4. The number of carbonyl (C=O) groups is 2. The van der Waals surface area contributed by atoms with E-state index in [0.29, 0.717) is 34.1 Å². The molecular weight excluding hydrogens is 424 g/mol. The minimum Gasteiger partial charge on any atom is -0.493 e. The summed E-state index contributed by atoms with van der Waals surface area (Å²) in [5.74, 6) is 0.739. The zero-order chi connectivity index (χ0) is 23.6. The van der Waals surface area contributed by atoms with Gasteiger partial charge < -0.3 is 30.0 Å². The number of ether oxygens (including phenoxy) is 3. The zero-order valence-corrected chi connectivity index (χ0v) is 18.4. The number of carbonyl (C=O) groups excluding carboxylic acids is 2. The molecule has 0 heterocycles. The molecule has 0 aliphatic heterocycles. The summed E-state index contributed by atoms with van der Waals surface area (Å²) < 4.78 is 16.2. The lowest BCUT2D eigenvalue weighted by Crippen LogP contribution is -2.35. The molecular formula is C25H26N2O6. The highest BCUT2D eigenvalue weighted by atomic mass is 16.5. The van der Waals surface area contributed by atoms with Crippen molar-refractivity contribution in [3.63, 3.8) is 0 Å². The van der Waals surface area contributed by atoms with Crippen LogP contribution >= 0.6 is 0 Å². The molecule has 3 aromatic rings. The molecule has 1 atom stereocenters. The van der Waals surface area contributed by atoms with Crippen LogP contribution in [0.25, 0.3) is 0 Å². The van der Waals surface area contributed by atoms with Crippen molar-refractivity contribution in [1.82, 2.24) is 5.32 Å². The van der Waals surface area contributed by atoms with Crippen LogP contribution in [0.15, 0.2) is 72.8 Å². The molecule has 172 valence electrons. The normalized spacial score (nSPS) is 11.2. The van der Waals surface area contributed by atoms with E-state index >= 15 is 0 Å². The van der Waals surface area contributed by atoms with Crippen molar-refractivity contribution >= 4 is 17.5 Å². The monoisotopic (exact) mass is 450 g/mol. The number of methoxy groups -OCH3 is 2. The van der Waals surface area contributed by atoms with Crippen molar-refractivity contribution in [1.29, 1.82) is 0 Å². The van der Waals surface area contributed by atoms with Crippen molar-refractivity contribution < 1.29 is 28.9 Å². The van der Waals surface area contributed by atoms with Gasteiger partial charge in [-0.2, -0.15) is 0 Å². The summed E-state index contributed by atoms with van der Waals surface area (Å²) in [4.78, 5) is 24.6. The highest BCUT2D eigenvalue weighted by Gasteiger charge is 2.15. The van der Waals surface area contributed by atoms with Crippen LogP contribution in [0.2, 0.25) is 0 Å². The van der Waals surface area contributed by atoms with Gasteiger partial charge in [0.15, 0.2) is 11.5 Å². The Morgan fingerprint density at radius 1 is 0.818 bits per heavy atom. The first-order valence-electron chi connectivity index (χ1n) is 10.3. The van der Waals surface area contributed by atoms with Gasteiger partial charge in [-0.25, -0.2) is 0 Å². The van der Waals surface area contributed by atoms with Crippen molar-refractivity contribution in [2.75, 3.05) is 32.7 Å². The van der Waals surface area contributed by atoms with Crippen LogP contribution in [0.5, 0.6) is 17.2 Å². The topological polar surface area (TPSA) is 106 Å². The van der Waals surface area contributed by atoms with E-state index in [1.807, 2.05) is 6.07 Å². The lowest BCUT2D eigenvalue weighted by molar-refractivity contribution is 0.0833. The van der Waals surface area contributed by atoms with E-state index in [4.69, 9.17) is 14.2 Å². The summed E-state index contributed by atoms with van der Waals surface area (Å²) >= 11 is 0. The number of para-hydroxylation sites is 1. The van der Waals surface area contributed by atoms with Gasteiger partial charge in [0.1, 0.15) is 12.7 Å². The summed E-state index contributed by atoms with van der Waals surface area (Å²) in [6.07, 6.45) is -0.951. The Labute approximate surface area is 192 Å². The van der Waals surface area contributed by atoms with Gasteiger partial charge in [-0.15, -0.1) is 0 Å². The summed E-state index contributed by atoms with van der Waals surface area (Å²) in [7, 11) is 3.02. The third-order valence-electron chi connectivity index (χ3n) is 4.74. The fourth-order valence-corrected chi connectivity index (χ4v) is 3.01. The van der Waals surface area contributed by atoms with Crippen LogP contribution in [0.1, 0.15) is 20.7 Å². The molecule has 1 unspecified atom stereocenters. The number of hydrogen-bond donors (Lipinski definition) is 3. The second kappa shape index (κ2) is 11.5. The number of aliphatic hydroxyl groups excluding tert-OH is 1. The van der Waals surface area contributed by atoms with Crippen LogP contribution in [-0.2, 0) is 0 Å². The summed E-state index contributed by atoms with van der Waals surface area (Å²) in [5, 5.41) is 15.7. The van der Waals surface area contributed by atoms with Gasteiger partial charge >= 0.3 is 0 Å². The zero-order valence-electron chi connectivity index (χ0n) is 18.4. The third kappa shape index (κ3) is 6.47. The highest BCUT2D eigenvalue weighted by molar-refractivity contribution is 6.04. The van der Waals surface area contributed by atoms with Crippen molar-refractivity contribution in [3.05, 3.63) is 83.9 Å². The average molecular weight is 450 g/mol. The lowest BCUT2D eigenvalue weighted by atomic mass is 10.1. The summed E-state index contributed by atoms with van der Waals surface area (Å²) in [6.45, 7) is -0.0791. The first kappa shape index (κ1) is 23.6. The van der Waals surface area contributed by atoms with Gasteiger partial charge in [0.05, 0.1) is 14.2 Å². The van der Waals surface area contributed by atoms with Crippen molar-refractivity contribution in [2.45, 2.75) is 6.10 Å². The van der Waals surface area contributed by atoms with Gasteiger partial charge in [-0.1, -0.05) is 24.3 Å². The summed E-state index contributed by atoms with van der Waals surface area (Å²) in [5.41, 5.74) is 1.51. The Kier molecular flexibility index (Phi) is 8.26. The molecule has 0 saturated heterocycles. The van der Waals surface area contributed by atoms with Crippen LogP contribution < -0.4 is 24.8 Å². The maximum Gasteiger partial charge on any atom is 0.255 e. The molecule has 0 aliphatic carbocycles. The second-order valence-corrected chi connectivity index (χ2v) is 7.06. The van der Waals surface area contributed by atoms with Gasteiger partial charge in [-0.3, -0.25) is 9.59 Å². The molecule has 0 fully saturated rings. The number of benzene rings is 3. The first-order valence-corrected chi connectivity index (χ1v) is 10.3. The minimum absolute atomic E-state index is 0.0111. The standard InChI is InChI=1S/C25H26N2O6/c1-31-21-9-6-10-22(32-2)23(21)33-16-20(28)15-26-24(29)18-11-13-19(14-12-18)27-25(30)17-7-4-3-5-8-17/h3-14,20,28H,15-16H2,1-2H3,(H,26,29)(H,27,30). The van der Waals surface area contributed by atoms with Gasteiger partial charge in [0, 0.05) is 23.4 Å². The van der Waals surface area contributed by atoms with E-state index in [0.717, 1.165) is 0 Å². The minimum atomic E-state index is -0.951. The van der Waals surface area contributed by atoms with E-state index in [1.54, 1.807) is 66.7 Å². The number of amides is 2. The Hall–Kier alpha value is -4.04. The Bertz CT molecular complexity index is 1050. The quantitative estimate of drug-likeness (QED) is 0.438. The Morgan fingerprint density at radius 3 is 2.03 bits per heavy atom. The smallest absolute Gasteiger partial charge is 0.255 e. The van der Waals surface area contributed by atoms with E-state index in [1.165, 1.54) is 14.2 Å². The average Bonchev–Trinajstić information content (AvgIpc) is 2.86. The molecule has 0 radical (unpaired) electrons. The largest absolute Gasteiger partial charge is 0.493 e. The Morgan fingerprint density at radius 2 is 1.42 bits per heavy atom. The fourth-order valence-electron chi connectivity index (χ4n) is 3.01. The number of hydrogen-bond acceptors (Lipinski definition) is 6. The fraction of sp³-hybridized carbons (Fsp3) is 0.200. The molecule has 3 rings (SSSR count). The molecule has 3 aromatic carbocycles. The molecule has 0 aromatic heterocycles. The van der Waals surface area contributed by atoms with Crippen LogP contribution in [0.4, 0.5) is 5.69 Å². The predicted molar refractivity (Wildman–Crippen MR) is 124 cm³/mol. The number of rotatable bonds is 10. The van der Waals surface area contributed by atoms with Crippen LogP contribution in [0, 0.1) is 0 Å². The second-order valence-electron chi connectivity index (χ2n) is 7.06. The van der Waals surface area contributed by atoms with Crippen molar-refractivity contribution in [3.8, 4) is 17.2 Å². The molecule has 8 heteroatoms. The predicted octanol–water partition coefficient (Wildman–Crippen LogP) is 3.13. The van der Waals surface area contributed by atoms with Gasteiger partial charge in [0.25, 0.3) is 11.8 Å².